The number of hydrogen-bond donors (Lipinski definition) is 1. The van der Waals surface area contributed by atoms with Crippen LogP contribution in [0, 0.1) is 0 Å². The van der Waals surface area contributed by atoms with E-state index in [-0.39, 0.29) is 17.4 Å². The van der Waals surface area contributed by atoms with Gasteiger partial charge in [-0.05, 0) is 54.7 Å². The highest BCUT2D eigenvalue weighted by Gasteiger charge is 2.38. The van der Waals surface area contributed by atoms with Gasteiger partial charge < -0.3 is 10.2 Å². The standard InChI is InChI=1S/C28H29N5O4S2/c1-4-22-14-21(15-23(5-2)29-22)18-7-6-8-19(13-18)24-17-38-28(30-24)31-26(34)25-10-12-33(25)27(35)20-9-11-32(16-20)39(3,36)37/h6-9,11,13-17,25H,4-5,10,12H2,1-3H3,(H,30,31,34)/t25-/m0/s1. The molecule has 39 heavy (non-hydrogen) atoms. The molecule has 202 valence electrons. The van der Waals surface area contributed by atoms with Crippen molar-refractivity contribution < 1.29 is 18.0 Å². The average molecular weight is 564 g/mol. The molecule has 0 aliphatic carbocycles. The van der Waals surface area contributed by atoms with Gasteiger partial charge in [0.1, 0.15) is 6.04 Å². The van der Waals surface area contributed by atoms with Gasteiger partial charge in [-0.15, -0.1) is 11.3 Å². The molecular weight excluding hydrogens is 534 g/mol. The molecule has 1 aliphatic heterocycles. The minimum atomic E-state index is -3.49. The Kier molecular flexibility index (Phi) is 7.37. The maximum Gasteiger partial charge on any atom is 0.256 e. The van der Waals surface area contributed by atoms with E-state index in [1.54, 1.807) is 0 Å². The molecule has 1 aliphatic rings. The van der Waals surface area contributed by atoms with Crippen LogP contribution in [0.2, 0.25) is 0 Å². The summed E-state index contributed by atoms with van der Waals surface area (Å²) in [5, 5.41) is 5.19. The van der Waals surface area contributed by atoms with Gasteiger partial charge in [-0.1, -0.05) is 32.0 Å². The normalized spacial score (nSPS) is 15.2. The van der Waals surface area contributed by atoms with Crippen LogP contribution < -0.4 is 5.32 Å². The molecule has 0 unspecified atom stereocenters. The van der Waals surface area contributed by atoms with Crippen molar-refractivity contribution in [1.29, 1.82) is 0 Å². The first-order valence-corrected chi connectivity index (χ1v) is 15.5. The second kappa shape index (κ2) is 10.7. The second-order valence-electron chi connectivity index (χ2n) is 9.45. The number of hydrogen-bond acceptors (Lipinski definition) is 7. The van der Waals surface area contributed by atoms with Crippen LogP contribution in [0.4, 0.5) is 5.13 Å². The van der Waals surface area contributed by atoms with E-state index in [1.165, 1.54) is 34.7 Å². The molecule has 0 spiro atoms. The van der Waals surface area contributed by atoms with Crippen molar-refractivity contribution in [2.75, 3.05) is 18.1 Å². The van der Waals surface area contributed by atoms with Gasteiger partial charge >= 0.3 is 0 Å². The van der Waals surface area contributed by atoms with Crippen molar-refractivity contribution in [3.05, 3.63) is 77.2 Å². The molecule has 4 aromatic rings. The maximum absolute atomic E-state index is 13.0. The van der Waals surface area contributed by atoms with Crippen LogP contribution in [-0.4, -0.2) is 57.9 Å². The highest BCUT2D eigenvalue weighted by molar-refractivity contribution is 7.89. The molecular formula is C28H29N5O4S2. The minimum Gasteiger partial charge on any atom is -0.326 e. The number of aryl methyl sites for hydroxylation is 2. The van der Waals surface area contributed by atoms with Gasteiger partial charge in [0.2, 0.25) is 15.9 Å². The highest BCUT2D eigenvalue weighted by atomic mass is 32.2. The van der Waals surface area contributed by atoms with Gasteiger partial charge in [-0.3, -0.25) is 18.5 Å². The molecule has 11 heteroatoms. The van der Waals surface area contributed by atoms with E-state index in [1.807, 2.05) is 17.5 Å². The molecule has 9 nitrogen and oxygen atoms in total. The number of anilines is 1. The lowest BCUT2D eigenvalue weighted by Crippen LogP contribution is -2.56. The van der Waals surface area contributed by atoms with Crippen LogP contribution in [0.5, 0.6) is 0 Å². The first-order valence-electron chi connectivity index (χ1n) is 12.7. The van der Waals surface area contributed by atoms with E-state index in [4.69, 9.17) is 0 Å². The van der Waals surface area contributed by atoms with Crippen molar-refractivity contribution >= 4 is 38.3 Å². The van der Waals surface area contributed by atoms with Crippen molar-refractivity contribution in [1.82, 2.24) is 18.8 Å². The molecule has 5 rings (SSSR count). The lowest BCUT2D eigenvalue weighted by Gasteiger charge is -2.39. The van der Waals surface area contributed by atoms with Crippen molar-refractivity contribution in [3.8, 4) is 22.4 Å². The maximum atomic E-state index is 13.0. The fourth-order valence-corrected chi connectivity index (χ4v) is 5.78. The number of carbonyl (C=O) groups excluding carboxylic acids is 2. The van der Waals surface area contributed by atoms with Crippen LogP contribution in [0.3, 0.4) is 0 Å². The van der Waals surface area contributed by atoms with E-state index in [2.05, 4.69) is 53.4 Å². The average Bonchev–Trinajstić information content (AvgIpc) is 3.58. The van der Waals surface area contributed by atoms with Gasteiger partial charge in [-0.25, -0.2) is 13.4 Å². The Bertz CT molecular complexity index is 1640. The number of likely N-dealkylation sites (tertiary alicyclic amines) is 1. The van der Waals surface area contributed by atoms with Crippen molar-refractivity contribution in [2.24, 2.45) is 0 Å². The van der Waals surface area contributed by atoms with Crippen molar-refractivity contribution in [3.63, 3.8) is 0 Å². The summed E-state index contributed by atoms with van der Waals surface area (Å²) < 4.78 is 24.4. The lowest BCUT2D eigenvalue weighted by molar-refractivity contribution is -0.123. The molecule has 0 bridgehead atoms. The Balaban J connectivity index is 1.28. The SMILES string of the molecule is CCc1cc(-c2cccc(-c3csc(NC(=O)[C@@H]4CCN4C(=O)c4ccn(S(C)(=O)=O)c4)n3)c2)cc(CC)n1. The summed E-state index contributed by atoms with van der Waals surface area (Å²) in [7, 11) is -3.49. The Labute approximate surface area is 231 Å². The third-order valence-electron chi connectivity index (χ3n) is 6.76. The summed E-state index contributed by atoms with van der Waals surface area (Å²) in [5.74, 6) is -0.697. The predicted octanol–water partition coefficient (Wildman–Crippen LogP) is 4.46. The highest BCUT2D eigenvalue weighted by Crippen LogP contribution is 2.30. The number of amides is 2. The summed E-state index contributed by atoms with van der Waals surface area (Å²) >= 11 is 1.32. The summed E-state index contributed by atoms with van der Waals surface area (Å²) in [6, 6.07) is 13.2. The Hall–Kier alpha value is -3.83. The van der Waals surface area contributed by atoms with Gasteiger partial charge in [0.05, 0.1) is 17.5 Å². The molecule has 1 saturated heterocycles. The molecule has 1 atom stereocenters. The number of rotatable bonds is 8. The fourth-order valence-electron chi connectivity index (χ4n) is 4.47. The van der Waals surface area contributed by atoms with Gasteiger partial charge in [0, 0.05) is 41.3 Å². The number of benzene rings is 1. The Morgan fingerprint density at radius 2 is 1.74 bits per heavy atom. The smallest absolute Gasteiger partial charge is 0.256 e. The summed E-state index contributed by atoms with van der Waals surface area (Å²) in [4.78, 5) is 36.6. The molecule has 0 saturated carbocycles. The van der Waals surface area contributed by atoms with E-state index in [9.17, 15) is 18.0 Å². The zero-order valence-corrected chi connectivity index (χ0v) is 23.6. The van der Waals surface area contributed by atoms with Crippen molar-refractivity contribution in [2.45, 2.75) is 39.2 Å². The molecule has 1 N–H and O–H groups in total. The molecule has 1 fully saturated rings. The molecule has 1 aromatic carbocycles. The van der Waals surface area contributed by atoms with E-state index < -0.39 is 16.1 Å². The van der Waals surface area contributed by atoms with Crippen LogP contribution in [-0.2, 0) is 27.7 Å². The fraction of sp³-hybridized carbons (Fsp3) is 0.286. The number of pyridine rings is 1. The molecule has 2 amide bonds. The van der Waals surface area contributed by atoms with Gasteiger partial charge in [-0.2, -0.15) is 0 Å². The quantitative estimate of drug-likeness (QED) is 0.339. The zero-order chi connectivity index (χ0) is 27.7. The van der Waals surface area contributed by atoms with Crippen LogP contribution >= 0.6 is 11.3 Å². The Morgan fingerprint density at radius 1 is 1.03 bits per heavy atom. The number of nitrogens with zero attached hydrogens (tertiary/aromatic N) is 4. The monoisotopic (exact) mass is 563 g/mol. The molecule has 3 aromatic heterocycles. The Morgan fingerprint density at radius 3 is 2.36 bits per heavy atom. The second-order valence-corrected chi connectivity index (χ2v) is 12.2. The number of nitrogens with one attached hydrogen (secondary N) is 1. The summed E-state index contributed by atoms with van der Waals surface area (Å²) in [5.41, 5.74) is 6.22. The first-order chi connectivity index (χ1) is 18.7. The van der Waals surface area contributed by atoms with Crippen LogP contribution in [0.25, 0.3) is 22.4 Å². The van der Waals surface area contributed by atoms with Crippen LogP contribution in [0.15, 0.2) is 60.2 Å². The molecule has 0 radical (unpaired) electrons. The minimum absolute atomic E-state index is 0.223. The van der Waals surface area contributed by atoms with E-state index in [0.717, 1.165) is 56.8 Å². The third-order valence-corrected chi connectivity index (χ3v) is 8.51. The zero-order valence-electron chi connectivity index (χ0n) is 21.9. The van der Waals surface area contributed by atoms with Gasteiger partial charge in [0.25, 0.3) is 5.91 Å². The van der Waals surface area contributed by atoms with Crippen LogP contribution in [0.1, 0.15) is 42.0 Å². The summed E-state index contributed by atoms with van der Waals surface area (Å²) in [6.45, 7) is 4.62. The lowest BCUT2D eigenvalue weighted by atomic mass is 10.0. The van der Waals surface area contributed by atoms with Gasteiger partial charge in [0.15, 0.2) is 5.13 Å². The van der Waals surface area contributed by atoms with E-state index in [0.29, 0.717) is 18.1 Å². The number of thiazole rings is 1. The first kappa shape index (κ1) is 26.8. The number of carbonyl (C=O) groups is 2. The summed E-state index contributed by atoms with van der Waals surface area (Å²) in [6.07, 6.45) is 5.91. The van der Waals surface area contributed by atoms with E-state index >= 15 is 0 Å². The third kappa shape index (κ3) is 5.64. The molecule has 4 heterocycles. The largest absolute Gasteiger partial charge is 0.326 e. The topological polar surface area (TPSA) is 114 Å². The predicted molar refractivity (Wildman–Crippen MR) is 152 cm³/mol. The number of aromatic nitrogens is 3.